The van der Waals surface area contributed by atoms with Crippen LogP contribution in [0, 0.1) is 5.92 Å². The molecule has 0 radical (unpaired) electrons. The zero-order valence-electron chi connectivity index (χ0n) is 6.89. The molecule has 0 saturated carbocycles. The lowest BCUT2D eigenvalue weighted by atomic mass is 9.99. The second-order valence-corrected chi connectivity index (χ2v) is 4.55. The first-order valence-corrected chi connectivity index (χ1v) is 4.62. The number of hydrogen-bond donors (Lipinski definition) is 2. The molecule has 0 aromatic rings. The van der Waals surface area contributed by atoms with Crippen molar-refractivity contribution < 1.29 is 15.1 Å². The molecule has 0 aromatic heterocycles. The summed E-state index contributed by atoms with van der Waals surface area (Å²) in [6.45, 7) is 3.68. The molecule has 0 spiro atoms. The fourth-order valence-corrected chi connectivity index (χ4v) is 2.82. The monoisotopic (exact) mass is 189 g/mol. The molecule has 1 fully saturated rings. The van der Waals surface area contributed by atoms with E-state index in [0.717, 1.165) is 0 Å². The van der Waals surface area contributed by atoms with Crippen molar-refractivity contribution in [3.05, 3.63) is 0 Å². The Morgan fingerprint density at radius 3 is 2.50 bits per heavy atom. The molecule has 5 heteroatoms. The molecule has 1 heterocycles. The molecule has 1 rings (SSSR count). The summed E-state index contributed by atoms with van der Waals surface area (Å²) in [6, 6.07) is 0. The highest BCUT2D eigenvalue weighted by Gasteiger charge is 2.41. The first-order valence-electron chi connectivity index (χ1n) is 3.68. The summed E-state index contributed by atoms with van der Waals surface area (Å²) in [4.78, 5) is 10.7. The lowest BCUT2D eigenvalue weighted by molar-refractivity contribution is -0.139. The maximum absolute atomic E-state index is 10.7. The number of nitrogens with zero attached hydrogens (tertiary/aromatic N) is 1. The van der Waals surface area contributed by atoms with Gasteiger partial charge in [0, 0.05) is 10.5 Å². The molecule has 12 heavy (non-hydrogen) atoms. The van der Waals surface area contributed by atoms with Crippen LogP contribution in [-0.4, -0.2) is 32.5 Å². The molecule has 0 bridgehead atoms. The molecule has 0 aliphatic carbocycles. The summed E-state index contributed by atoms with van der Waals surface area (Å²) in [5, 5.41) is 20.4. The molecule has 68 valence electrons. The van der Waals surface area contributed by atoms with Gasteiger partial charge in [-0.2, -0.15) is 0 Å². The zero-order chi connectivity index (χ0) is 9.30. The average molecular weight is 189 g/mol. The Kier molecular flexibility index (Phi) is 2.62. The van der Waals surface area contributed by atoms with E-state index in [4.69, 9.17) is 10.3 Å². The van der Waals surface area contributed by atoms with E-state index in [9.17, 15) is 4.79 Å². The van der Waals surface area contributed by atoms with Crippen molar-refractivity contribution in [3.63, 3.8) is 0 Å². The van der Waals surface area contributed by atoms with Gasteiger partial charge in [-0.1, -0.05) is 12.1 Å². The van der Waals surface area contributed by atoms with Crippen LogP contribution in [0.2, 0.25) is 0 Å². The van der Waals surface area contributed by atoms with E-state index in [-0.39, 0.29) is 10.5 Å². The Labute approximate surface area is 74.6 Å². The third-order valence-corrected chi connectivity index (χ3v) is 3.36. The SMILES string of the molecule is CC1SC(C)C(C(=O)O)C1=NO. The summed E-state index contributed by atoms with van der Waals surface area (Å²) < 4.78 is 0. The lowest BCUT2D eigenvalue weighted by Crippen LogP contribution is -2.28. The van der Waals surface area contributed by atoms with E-state index in [0.29, 0.717) is 5.71 Å². The molecule has 2 N–H and O–H groups in total. The van der Waals surface area contributed by atoms with Crippen LogP contribution in [0.4, 0.5) is 0 Å². The van der Waals surface area contributed by atoms with E-state index in [1.54, 1.807) is 0 Å². The maximum atomic E-state index is 10.7. The number of rotatable bonds is 1. The number of oxime groups is 1. The Morgan fingerprint density at radius 1 is 1.58 bits per heavy atom. The molecular weight excluding hydrogens is 178 g/mol. The van der Waals surface area contributed by atoms with Crippen LogP contribution in [0.1, 0.15) is 13.8 Å². The maximum Gasteiger partial charge on any atom is 0.313 e. The van der Waals surface area contributed by atoms with E-state index in [2.05, 4.69) is 5.16 Å². The molecule has 0 amide bonds. The van der Waals surface area contributed by atoms with Gasteiger partial charge >= 0.3 is 5.97 Å². The largest absolute Gasteiger partial charge is 0.481 e. The predicted molar refractivity (Wildman–Crippen MR) is 46.9 cm³/mol. The van der Waals surface area contributed by atoms with Crippen LogP contribution in [0.3, 0.4) is 0 Å². The van der Waals surface area contributed by atoms with Gasteiger partial charge in [0.05, 0.1) is 5.71 Å². The van der Waals surface area contributed by atoms with E-state index in [1.807, 2.05) is 13.8 Å². The quantitative estimate of drug-likeness (QED) is 0.477. The third kappa shape index (κ3) is 1.41. The smallest absolute Gasteiger partial charge is 0.313 e. The summed E-state index contributed by atoms with van der Waals surface area (Å²) >= 11 is 1.52. The number of hydrogen-bond acceptors (Lipinski definition) is 4. The Bertz CT molecular complexity index is 229. The molecular formula is C7H11NO3S. The van der Waals surface area contributed by atoms with Crippen molar-refractivity contribution in [2.24, 2.45) is 11.1 Å². The van der Waals surface area contributed by atoms with Crippen LogP contribution in [-0.2, 0) is 4.79 Å². The van der Waals surface area contributed by atoms with Gasteiger partial charge in [-0.05, 0) is 6.92 Å². The fourth-order valence-electron chi connectivity index (χ4n) is 1.43. The van der Waals surface area contributed by atoms with Gasteiger partial charge in [0.1, 0.15) is 5.92 Å². The standard InChI is InChI=1S/C7H11NO3S/c1-3-5(7(9)10)6(8-11)4(2)12-3/h3-5,11H,1-2H3,(H,9,10). The number of thioether (sulfide) groups is 1. The van der Waals surface area contributed by atoms with Gasteiger partial charge in [0.15, 0.2) is 0 Å². The number of carbonyl (C=O) groups is 1. The van der Waals surface area contributed by atoms with Crippen LogP contribution in [0.25, 0.3) is 0 Å². The molecule has 1 aliphatic rings. The lowest BCUT2D eigenvalue weighted by Gasteiger charge is -2.07. The number of carboxylic acids is 1. The van der Waals surface area contributed by atoms with Gasteiger partial charge in [0.2, 0.25) is 0 Å². The van der Waals surface area contributed by atoms with E-state index in [1.165, 1.54) is 11.8 Å². The summed E-state index contributed by atoms with van der Waals surface area (Å²) in [7, 11) is 0. The van der Waals surface area contributed by atoms with Crippen molar-refractivity contribution in [1.29, 1.82) is 0 Å². The van der Waals surface area contributed by atoms with E-state index < -0.39 is 11.9 Å². The minimum absolute atomic E-state index is 0.00565. The second kappa shape index (κ2) is 3.35. The van der Waals surface area contributed by atoms with Gasteiger partial charge in [-0.25, -0.2) is 0 Å². The molecule has 0 aromatic carbocycles. The fraction of sp³-hybridized carbons (Fsp3) is 0.714. The zero-order valence-corrected chi connectivity index (χ0v) is 7.71. The van der Waals surface area contributed by atoms with E-state index >= 15 is 0 Å². The molecule has 3 unspecified atom stereocenters. The van der Waals surface area contributed by atoms with Crippen LogP contribution in [0.15, 0.2) is 5.16 Å². The average Bonchev–Trinajstić information content (AvgIpc) is 2.24. The highest BCUT2D eigenvalue weighted by atomic mass is 32.2. The Balaban J connectivity index is 2.90. The van der Waals surface area contributed by atoms with Gasteiger partial charge in [-0.15, -0.1) is 11.8 Å². The minimum atomic E-state index is -0.910. The number of aliphatic carboxylic acids is 1. The first-order chi connectivity index (χ1) is 5.57. The van der Waals surface area contributed by atoms with Crippen LogP contribution < -0.4 is 0 Å². The Morgan fingerprint density at radius 2 is 2.17 bits per heavy atom. The highest BCUT2D eigenvalue weighted by molar-refractivity contribution is 8.01. The summed E-state index contributed by atoms with van der Waals surface area (Å²) in [5.41, 5.74) is 0.375. The molecule has 1 aliphatic heterocycles. The summed E-state index contributed by atoms with van der Waals surface area (Å²) in [6.07, 6.45) is 0. The van der Waals surface area contributed by atoms with Crippen molar-refractivity contribution in [1.82, 2.24) is 0 Å². The highest BCUT2D eigenvalue weighted by Crippen LogP contribution is 2.35. The van der Waals surface area contributed by atoms with Crippen LogP contribution >= 0.6 is 11.8 Å². The second-order valence-electron chi connectivity index (χ2n) is 2.82. The van der Waals surface area contributed by atoms with Crippen molar-refractivity contribution >= 4 is 23.4 Å². The molecule has 1 saturated heterocycles. The summed E-state index contributed by atoms with van der Waals surface area (Å²) in [5.74, 6) is -1.54. The van der Waals surface area contributed by atoms with Crippen molar-refractivity contribution in [2.45, 2.75) is 24.3 Å². The minimum Gasteiger partial charge on any atom is -0.481 e. The van der Waals surface area contributed by atoms with Gasteiger partial charge in [-0.3, -0.25) is 4.79 Å². The topological polar surface area (TPSA) is 69.9 Å². The van der Waals surface area contributed by atoms with Gasteiger partial charge < -0.3 is 10.3 Å². The van der Waals surface area contributed by atoms with Crippen molar-refractivity contribution in [2.75, 3.05) is 0 Å². The number of carboxylic acid groups (broad SMARTS) is 1. The normalized spacial score (nSPS) is 38.8. The predicted octanol–water partition coefficient (Wildman–Crippen LogP) is 1.04. The van der Waals surface area contributed by atoms with Crippen molar-refractivity contribution in [3.8, 4) is 0 Å². The van der Waals surface area contributed by atoms with Gasteiger partial charge in [0.25, 0.3) is 0 Å². The third-order valence-electron chi connectivity index (χ3n) is 2.00. The molecule has 3 atom stereocenters. The first kappa shape index (κ1) is 9.38. The molecule has 4 nitrogen and oxygen atoms in total. The Hall–Kier alpha value is -0.710. The van der Waals surface area contributed by atoms with Crippen LogP contribution in [0.5, 0.6) is 0 Å².